The lowest BCUT2D eigenvalue weighted by atomic mass is 10.1. The number of aryl methyl sites for hydroxylation is 1. The van der Waals surface area contributed by atoms with Crippen molar-refractivity contribution in [3.8, 4) is 0 Å². The van der Waals surface area contributed by atoms with E-state index in [0.29, 0.717) is 11.0 Å². The second-order valence-corrected chi connectivity index (χ2v) is 4.74. The molecule has 0 bridgehead atoms. The summed E-state index contributed by atoms with van der Waals surface area (Å²) in [5.41, 5.74) is 2.96. The van der Waals surface area contributed by atoms with Crippen LogP contribution in [-0.4, -0.2) is 25.2 Å². The molecule has 6 heteroatoms. The fourth-order valence-electron chi connectivity index (χ4n) is 2.19. The lowest BCUT2D eigenvalue weighted by Gasteiger charge is -2.13. The normalized spacial score (nSPS) is 12.7. The van der Waals surface area contributed by atoms with Gasteiger partial charge < -0.3 is 0 Å². The monoisotopic (exact) mass is 269 g/mol. The Balaban J connectivity index is 2.04. The molecule has 0 fully saturated rings. The van der Waals surface area contributed by atoms with Crippen LogP contribution in [0.4, 0.5) is 0 Å². The zero-order valence-electron chi connectivity index (χ0n) is 11.4. The zero-order chi connectivity index (χ0) is 14.1. The second-order valence-electron chi connectivity index (χ2n) is 4.74. The van der Waals surface area contributed by atoms with Crippen molar-refractivity contribution < 1.29 is 0 Å². The molecule has 3 aromatic rings. The van der Waals surface area contributed by atoms with Gasteiger partial charge in [0.2, 0.25) is 0 Å². The van der Waals surface area contributed by atoms with Crippen molar-refractivity contribution >= 4 is 11.0 Å². The molecule has 0 spiro atoms. The van der Waals surface area contributed by atoms with Crippen LogP contribution >= 0.6 is 0 Å². The van der Waals surface area contributed by atoms with Crippen LogP contribution in [0.2, 0.25) is 0 Å². The molecular weight excluding hydrogens is 254 g/mol. The molecule has 2 aromatic heterocycles. The summed E-state index contributed by atoms with van der Waals surface area (Å²) in [4.78, 5) is 12.3. The number of nitrogens with one attached hydrogen (secondary N) is 1. The van der Waals surface area contributed by atoms with Gasteiger partial charge in [-0.15, -0.1) is 5.10 Å². The molecule has 0 aliphatic carbocycles. The molecule has 0 saturated carbocycles. The minimum Gasteiger partial charge on any atom is -0.271 e. The SMILES string of the molecule is CCc1ccc([C@@H](C)n2nnc3cn[nH]c3c2=O)cc1. The fourth-order valence-corrected chi connectivity index (χ4v) is 2.19. The largest absolute Gasteiger partial charge is 0.296 e. The van der Waals surface area contributed by atoms with Gasteiger partial charge in [0.1, 0.15) is 5.52 Å². The first-order valence-corrected chi connectivity index (χ1v) is 6.58. The number of fused-ring (bicyclic) bond motifs is 1. The molecule has 1 N–H and O–H groups in total. The standard InChI is InChI=1S/C14H15N5O/c1-3-10-4-6-11(7-5-10)9(2)19-14(20)13-12(16-18-19)8-15-17-13/h4-9H,3H2,1-2H3,(H,15,17)/t9-/m1/s1. The van der Waals surface area contributed by atoms with Crippen molar-refractivity contribution in [2.24, 2.45) is 0 Å². The molecule has 0 amide bonds. The third-order valence-electron chi connectivity index (χ3n) is 3.53. The van der Waals surface area contributed by atoms with Crippen LogP contribution in [0.5, 0.6) is 0 Å². The van der Waals surface area contributed by atoms with Crippen LogP contribution in [0.25, 0.3) is 11.0 Å². The summed E-state index contributed by atoms with van der Waals surface area (Å²) < 4.78 is 1.38. The first-order chi connectivity index (χ1) is 9.70. The minimum absolute atomic E-state index is 0.173. The third kappa shape index (κ3) is 1.99. The van der Waals surface area contributed by atoms with Crippen LogP contribution < -0.4 is 5.56 Å². The molecule has 6 nitrogen and oxygen atoms in total. The molecule has 1 atom stereocenters. The maximum atomic E-state index is 12.3. The maximum Gasteiger partial charge on any atom is 0.296 e. The van der Waals surface area contributed by atoms with E-state index in [1.165, 1.54) is 16.4 Å². The summed E-state index contributed by atoms with van der Waals surface area (Å²) in [5.74, 6) is 0. The smallest absolute Gasteiger partial charge is 0.271 e. The molecule has 1 aromatic carbocycles. The zero-order valence-corrected chi connectivity index (χ0v) is 11.4. The summed E-state index contributed by atoms with van der Waals surface area (Å²) in [7, 11) is 0. The Bertz CT molecular complexity index is 787. The highest BCUT2D eigenvalue weighted by Gasteiger charge is 2.14. The highest BCUT2D eigenvalue weighted by atomic mass is 16.1. The predicted molar refractivity (Wildman–Crippen MR) is 75.6 cm³/mol. The Morgan fingerprint density at radius 2 is 2.05 bits per heavy atom. The lowest BCUT2D eigenvalue weighted by molar-refractivity contribution is 0.507. The Morgan fingerprint density at radius 3 is 2.75 bits per heavy atom. The summed E-state index contributed by atoms with van der Waals surface area (Å²) in [6, 6.07) is 8.01. The van der Waals surface area contributed by atoms with Gasteiger partial charge in [0.25, 0.3) is 5.56 Å². The minimum atomic E-state index is -0.209. The van der Waals surface area contributed by atoms with Gasteiger partial charge in [-0.05, 0) is 24.5 Å². The van der Waals surface area contributed by atoms with Crippen LogP contribution in [0, 0.1) is 0 Å². The average molecular weight is 269 g/mol. The van der Waals surface area contributed by atoms with E-state index in [-0.39, 0.29) is 11.6 Å². The Labute approximate surface area is 115 Å². The summed E-state index contributed by atoms with van der Waals surface area (Å²) in [6.07, 6.45) is 2.49. The molecule has 0 radical (unpaired) electrons. The van der Waals surface area contributed by atoms with Crippen molar-refractivity contribution in [2.45, 2.75) is 26.3 Å². The van der Waals surface area contributed by atoms with Gasteiger partial charge in [0, 0.05) is 0 Å². The van der Waals surface area contributed by atoms with Crippen molar-refractivity contribution in [3.63, 3.8) is 0 Å². The number of hydrogen-bond acceptors (Lipinski definition) is 4. The fraction of sp³-hybridized carbons (Fsp3) is 0.286. The number of nitrogens with zero attached hydrogens (tertiary/aromatic N) is 4. The van der Waals surface area contributed by atoms with E-state index in [0.717, 1.165) is 12.0 Å². The molecule has 102 valence electrons. The van der Waals surface area contributed by atoms with Crippen LogP contribution in [0.3, 0.4) is 0 Å². The topological polar surface area (TPSA) is 76.5 Å². The Hall–Kier alpha value is -2.50. The molecule has 0 aliphatic heterocycles. The highest BCUT2D eigenvalue weighted by Crippen LogP contribution is 2.16. The van der Waals surface area contributed by atoms with Crippen molar-refractivity contribution in [1.29, 1.82) is 0 Å². The van der Waals surface area contributed by atoms with Gasteiger partial charge in [-0.1, -0.05) is 36.4 Å². The number of rotatable bonds is 3. The second kappa shape index (κ2) is 4.88. The predicted octanol–water partition coefficient (Wildman–Crippen LogP) is 1.69. The Kier molecular flexibility index (Phi) is 3.06. The summed E-state index contributed by atoms with van der Waals surface area (Å²) in [5, 5.41) is 14.5. The van der Waals surface area contributed by atoms with Crippen molar-refractivity contribution in [3.05, 3.63) is 51.9 Å². The maximum absolute atomic E-state index is 12.3. The van der Waals surface area contributed by atoms with Crippen molar-refractivity contribution in [1.82, 2.24) is 25.2 Å². The van der Waals surface area contributed by atoms with Gasteiger partial charge in [0.05, 0.1) is 12.2 Å². The van der Waals surface area contributed by atoms with E-state index < -0.39 is 0 Å². The molecule has 20 heavy (non-hydrogen) atoms. The first-order valence-electron chi connectivity index (χ1n) is 6.58. The van der Waals surface area contributed by atoms with E-state index >= 15 is 0 Å². The van der Waals surface area contributed by atoms with Gasteiger partial charge in [-0.3, -0.25) is 9.89 Å². The van der Waals surface area contributed by atoms with Gasteiger partial charge >= 0.3 is 0 Å². The van der Waals surface area contributed by atoms with Crippen LogP contribution in [0.15, 0.2) is 35.3 Å². The summed E-state index contributed by atoms with van der Waals surface area (Å²) in [6.45, 7) is 4.04. The van der Waals surface area contributed by atoms with E-state index in [4.69, 9.17) is 0 Å². The van der Waals surface area contributed by atoms with Crippen molar-refractivity contribution in [2.75, 3.05) is 0 Å². The van der Waals surface area contributed by atoms with E-state index in [1.807, 2.05) is 19.1 Å². The Morgan fingerprint density at radius 1 is 1.30 bits per heavy atom. The molecule has 3 rings (SSSR count). The van der Waals surface area contributed by atoms with E-state index in [1.54, 1.807) is 0 Å². The van der Waals surface area contributed by atoms with Gasteiger partial charge in [-0.25, -0.2) is 4.68 Å². The van der Waals surface area contributed by atoms with Gasteiger partial charge in [0.15, 0.2) is 5.52 Å². The first kappa shape index (κ1) is 12.5. The number of aromatic amines is 1. The van der Waals surface area contributed by atoms with Gasteiger partial charge in [-0.2, -0.15) is 5.10 Å². The summed E-state index contributed by atoms with van der Waals surface area (Å²) >= 11 is 0. The van der Waals surface area contributed by atoms with Crippen LogP contribution in [-0.2, 0) is 6.42 Å². The molecule has 0 unspecified atom stereocenters. The third-order valence-corrected chi connectivity index (χ3v) is 3.53. The molecular formula is C14H15N5O. The highest BCUT2D eigenvalue weighted by molar-refractivity contribution is 5.70. The number of aromatic nitrogens is 5. The van der Waals surface area contributed by atoms with Crippen LogP contribution in [0.1, 0.15) is 31.0 Å². The lowest BCUT2D eigenvalue weighted by Crippen LogP contribution is -2.27. The van der Waals surface area contributed by atoms with E-state index in [9.17, 15) is 4.79 Å². The quantitative estimate of drug-likeness (QED) is 0.785. The average Bonchev–Trinajstić information content (AvgIpc) is 2.96. The van der Waals surface area contributed by atoms with E-state index in [2.05, 4.69) is 39.6 Å². The number of hydrogen-bond donors (Lipinski definition) is 1. The number of benzene rings is 1. The molecule has 2 heterocycles. The molecule has 0 saturated heterocycles. The number of H-pyrrole nitrogens is 1. The molecule has 0 aliphatic rings.